The van der Waals surface area contributed by atoms with Crippen LogP contribution in [-0.2, 0) is 10.0 Å². The molecule has 0 unspecified atom stereocenters. The van der Waals surface area contributed by atoms with Crippen molar-refractivity contribution in [3.05, 3.63) is 54.8 Å². The first-order valence-electron chi connectivity index (χ1n) is 5.01. The van der Waals surface area contributed by atoms with Crippen LogP contribution < -0.4 is 0 Å². The molecule has 1 aliphatic heterocycles. The molecule has 1 aromatic rings. The van der Waals surface area contributed by atoms with Crippen molar-refractivity contribution in [2.45, 2.75) is 4.90 Å². The van der Waals surface area contributed by atoms with Gasteiger partial charge in [-0.15, -0.1) is 0 Å². The van der Waals surface area contributed by atoms with Crippen molar-refractivity contribution in [2.75, 3.05) is 7.05 Å². The third kappa shape index (κ3) is 1.89. The van der Waals surface area contributed by atoms with Crippen molar-refractivity contribution >= 4 is 15.9 Å². The van der Waals surface area contributed by atoms with Crippen LogP contribution in [0, 0.1) is 0 Å². The molecule has 0 fully saturated rings. The maximum atomic E-state index is 12.3. The Morgan fingerprint density at radius 2 is 1.88 bits per heavy atom. The largest absolute Gasteiger partial charge is 0.270 e. The highest BCUT2D eigenvalue weighted by atomic mass is 32.2. The van der Waals surface area contributed by atoms with E-state index in [0.29, 0.717) is 11.4 Å². The van der Waals surface area contributed by atoms with Crippen LogP contribution in [0.5, 0.6) is 0 Å². The van der Waals surface area contributed by atoms with Gasteiger partial charge in [0.25, 0.3) is 10.0 Å². The van der Waals surface area contributed by atoms with E-state index in [-0.39, 0.29) is 4.90 Å². The molecule has 0 spiro atoms. The number of benzene rings is 1. The van der Waals surface area contributed by atoms with Gasteiger partial charge in [-0.25, -0.2) is 12.7 Å². The molecule has 17 heavy (non-hydrogen) atoms. The fraction of sp³-hybridized carbons (Fsp3) is 0.0833. The van der Waals surface area contributed by atoms with E-state index in [0.717, 1.165) is 4.31 Å². The topological polar surface area (TPSA) is 49.7 Å². The Morgan fingerprint density at radius 1 is 1.24 bits per heavy atom. The van der Waals surface area contributed by atoms with Crippen LogP contribution >= 0.6 is 0 Å². The predicted molar refractivity (Wildman–Crippen MR) is 67.1 cm³/mol. The molecule has 2 rings (SSSR count). The second-order valence-corrected chi connectivity index (χ2v) is 5.32. The lowest BCUT2D eigenvalue weighted by molar-refractivity contribution is 0.564. The van der Waals surface area contributed by atoms with Crippen molar-refractivity contribution in [2.24, 2.45) is 4.99 Å². The zero-order valence-corrected chi connectivity index (χ0v) is 10.2. The molecule has 0 saturated heterocycles. The van der Waals surface area contributed by atoms with E-state index in [2.05, 4.69) is 11.6 Å². The van der Waals surface area contributed by atoms with Gasteiger partial charge in [0.1, 0.15) is 5.84 Å². The second-order valence-electron chi connectivity index (χ2n) is 3.50. The highest BCUT2D eigenvalue weighted by molar-refractivity contribution is 7.89. The highest BCUT2D eigenvalue weighted by Gasteiger charge is 2.29. The molecule has 0 bridgehead atoms. The summed E-state index contributed by atoms with van der Waals surface area (Å²) in [7, 11) is -2.04. The molecular formula is C12H12N2O2S. The average molecular weight is 248 g/mol. The summed E-state index contributed by atoms with van der Waals surface area (Å²) >= 11 is 0. The van der Waals surface area contributed by atoms with Gasteiger partial charge >= 0.3 is 0 Å². The summed E-state index contributed by atoms with van der Waals surface area (Å²) in [5.74, 6) is 0.355. The highest BCUT2D eigenvalue weighted by Crippen LogP contribution is 2.23. The van der Waals surface area contributed by atoms with Gasteiger partial charge in [0, 0.05) is 18.8 Å². The van der Waals surface area contributed by atoms with Crippen molar-refractivity contribution in [1.29, 1.82) is 0 Å². The number of amidine groups is 1. The Kier molecular flexibility index (Phi) is 2.85. The summed E-state index contributed by atoms with van der Waals surface area (Å²) in [6, 6.07) is 8.25. The van der Waals surface area contributed by atoms with Crippen LogP contribution in [0.2, 0.25) is 0 Å². The van der Waals surface area contributed by atoms with Gasteiger partial charge in [0.2, 0.25) is 0 Å². The molecule has 88 valence electrons. The number of rotatable bonds is 2. The van der Waals surface area contributed by atoms with Gasteiger partial charge in [0.05, 0.1) is 4.90 Å². The van der Waals surface area contributed by atoms with Crippen LogP contribution in [-0.4, -0.2) is 25.6 Å². The zero-order chi connectivity index (χ0) is 12.5. The fourth-order valence-electron chi connectivity index (χ4n) is 1.59. The van der Waals surface area contributed by atoms with Crippen LogP contribution in [0.4, 0.5) is 0 Å². The lowest BCUT2D eigenvalue weighted by atomic mass is 10.3. The van der Waals surface area contributed by atoms with Crippen LogP contribution in [0.3, 0.4) is 0 Å². The van der Waals surface area contributed by atoms with Gasteiger partial charge in [0.15, 0.2) is 0 Å². The average Bonchev–Trinajstić information content (AvgIpc) is 2.72. The number of aliphatic imine (C=N–C) groups is 1. The molecule has 1 heterocycles. The summed E-state index contributed by atoms with van der Waals surface area (Å²) < 4.78 is 25.7. The lowest BCUT2D eigenvalue weighted by Crippen LogP contribution is -2.29. The Labute approximate surface area is 101 Å². The smallest absolute Gasteiger partial charge is 0.269 e. The number of hydrogen-bond acceptors (Lipinski definition) is 3. The monoisotopic (exact) mass is 248 g/mol. The quantitative estimate of drug-likeness (QED) is 0.801. The first-order chi connectivity index (χ1) is 8.07. The van der Waals surface area contributed by atoms with E-state index in [1.165, 1.54) is 6.20 Å². The Balaban J connectivity index is 2.49. The van der Waals surface area contributed by atoms with E-state index in [4.69, 9.17) is 0 Å². The normalized spacial score (nSPS) is 18.1. The zero-order valence-electron chi connectivity index (χ0n) is 9.37. The number of hydrogen-bond donors (Lipinski definition) is 0. The predicted octanol–water partition coefficient (Wildman–Crippen LogP) is 1.79. The van der Waals surface area contributed by atoms with Crippen molar-refractivity contribution in [1.82, 2.24) is 4.31 Å². The molecule has 0 amide bonds. The molecule has 4 nitrogen and oxygen atoms in total. The molecule has 1 aromatic carbocycles. The van der Waals surface area contributed by atoms with Crippen molar-refractivity contribution < 1.29 is 8.42 Å². The lowest BCUT2D eigenvalue weighted by Gasteiger charge is -2.17. The Morgan fingerprint density at radius 3 is 2.47 bits per heavy atom. The first-order valence-corrected chi connectivity index (χ1v) is 6.45. The second kappa shape index (κ2) is 4.18. The summed E-state index contributed by atoms with van der Waals surface area (Å²) in [5, 5.41) is 0. The molecular weight excluding hydrogens is 236 g/mol. The fourth-order valence-corrected chi connectivity index (χ4v) is 2.96. The molecule has 0 aromatic heterocycles. The van der Waals surface area contributed by atoms with Gasteiger partial charge in [-0.1, -0.05) is 24.8 Å². The van der Waals surface area contributed by atoms with E-state index in [1.807, 2.05) is 0 Å². The minimum Gasteiger partial charge on any atom is -0.270 e. The molecule has 5 heteroatoms. The maximum Gasteiger partial charge on any atom is 0.269 e. The summed E-state index contributed by atoms with van der Waals surface area (Å²) in [6.07, 6.45) is 3.09. The maximum absolute atomic E-state index is 12.3. The third-order valence-corrected chi connectivity index (χ3v) is 4.10. The van der Waals surface area contributed by atoms with Gasteiger partial charge in [-0.05, 0) is 18.2 Å². The summed E-state index contributed by atoms with van der Waals surface area (Å²) in [5.41, 5.74) is 0.590. The van der Waals surface area contributed by atoms with E-state index in [9.17, 15) is 8.42 Å². The minimum atomic E-state index is -3.58. The molecule has 0 N–H and O–H groups in total. The minimum absolute atomic E-state index is 0.237. The van der Waals surface area contributed by atoms with Gasteiger partial charge < -0.3 is 0 Å². The van der Waals surface area contributed by atoms with Gasteiger partial charge in [-0.3, -0.25) is 4.99 Å². The first kappa shape index (κ1) is 11.6. The summed E-state index contributed by atoms with van der Waals surface area (Å²) in [6.45, 7) is 3.74. The van der Waals surface area contributed by atoms with Crippen molar-refractivity contribution in [3.63, 3.8) is 0 Å². The molecule has 0 saturated carbocycles. The van der Waals surface area contributed by atoms with E-state index in [1.54, 1.807) is 43.5 Å². The molecule has 0 radical (unpaired) electrons. The number of sulfonamides is 1. The van der Waals surface area contributed by atoms with Crippen LogP contribution in [0.15, 0.2) is 64.6 Å². The molecule has 0 atom stereocenters. The standard InChI is InChI=1S/C12H12N2O2S/c1-10-8-9-14(12(10)13-2)17(15,16)11-6-4-3-5-7-11/h3-9H,1H2,2H3. The van der Waals surface area contributed by atoms with Crippen LogP contribution in [0.1, 0.15) is 0 Å². The third-order valence-electron chi connectivity index (χ3n) is 2.42. The van der Waals surface area contributed by atoms with Crippen LogP contribution in [0.25, 0.3) is 0 Å². The van der Waals surface area contributed by atoms with E-state index < -0.39 is 10.0 Å². The van der Waals surface area contributed by atoms with Crippen molar-refractivity contribution in [3.8, 4) is 0 Å². The molecule has 1 aliphatic rings. The SMILES string of the molecule is C=C1C=CN(S(=O)(=O)c2ccccc2)C1=NC. The summed E-state index contributed by atoms with van der Waals surface area (Å²) in [4.78, 5) is 4.18. The van der Waals surface area contributed by atoms with Gasteiger partial charge in [-0.2, -0.15) is 0 Å². The molecule has 0 aliphatic carbocycles. The Bertz CT molecular complexity index is 601. The van der Waals surface area contributed by atoms with E-state index >= 15 is 0 Å². The Hall–Kier alpha value is -1.88. The number of nitrogens with zero attached hydrogens (tertiary/aromatic N) is 2.